The highest BCUT2D eigenvalue weighted by atomic mass is 35.5. The summed E-state index contributed by atoms with van der Waals surface area (Å²) in [6.45, 7) is 4.26. The summed E-state index contributed by atoms with van der Waals surface area (Å²) in [6.07, 6.45) is 3.83. The maximum absolute atomic E-state index is 5.96. The average Bonchev–Trinajstić information content (AvgIpc) is 2.10. The van der Waals surface area contributed by atoms with Crippen molar-refractivity contribution in [3.8, 4) is 0 Å². The van der Waals surface area contributed by atoms with Crippen LogP contribution in [0, 0.1) is 0 Å². The molecule has 0 spiro atoms. The second-order valence-electron chi connectivity index (χ2n) is 3.32. The quantitative estimate of drug-likeness (QED) is 0.850. The molecule has 0 aliphatic carbocycles. The third-order valence-corrected chi connectivity index (χ3v) is 2.41. The number of pyridine rings is 1. The highest BCUT2D eigenvalue weighted by Crippen LogP contribution is 2.23. The van der Waals surface area contributed by atoms with Gasteiger partial charge in [0.25, 0.3) is 0 Å². The Labute approximate surface area is 94.6 Å². The zero-order chi connectivity index (χ0) is 10.6. The molecule has 0 aliphatic rings. The second kappa shape index (κ2) is 5.42. The smallest absolute Gasteiger partial charge is 0.145 e. The van der Waals surface area contributed by atoms with Crippen molar-refractivity contribution in [1.29, 1.82) is 0 Å². The fourth-order valence-corrected chi connectivity index (χ4v) is 1.69. The number of aromatic nitrogens is 1. The van der Waals surface area contributed by atoms with Crippen LogP contribution in [0.25, 0.3) is 0 Å². The number of hydrogen-bond donors (Lipinski definition) is 1. The molecule has 2 nitrogen and oxygen atoms in total. The fourth-order valence-electron chi connectivity index (χ4n) is 1.26. The summed E-state index contributed by atoms with van der Waals surface area (Å²) in [6, 6.07) is 2.07. The van der Waals surface area contributed by atoms with E-state index in [-0.39, 0.29) is 0 Å². The summed E-state index contributed by atoms with van der Waals surface area (Å²) in [5.41, 5.74) is 0. The summed E-state index contributed by atoms with van der Waals surface area (Å²) in [7, 11) is 0. The van der Waals surface area contributed by atoms with E-state index in [0.29, 0.717) is 21.9 Å². The molecule has 78 valence electrons. The Morgan fingerprint density at radius 3 is 2.79 bits per heavy atom. The van der Waals surface area contributed by atoms with E-state index in [1.54, 1.807) is 12.3 Å². The highest BCUT2D eigenvalue weighted by molar-refractivity contribution is 6.35. The first kappa shape index (κ1) is 11.6. The first-order valence-electron chi connectivity index (χ1n) is 4.71. The summed E-state index contributed by atoms with van der Waals surface area (Å²) in [4.78, 5) is 4.13. The maximum atomic E-state index is 5.96. The Morgan fingerprint density at radius 2 is 2.21 bits per heavy atom. The minimum Gasteiger partial charge on any atom is -0.366 e. The van der Waals surface area contributed by atoms with Crippen molar-refractivity contribution in [3.05, 3.63) is 22.3 Å². The molecule has 1 heterocycles. The second-order valence-corrected chi connectivity index (χ2v) is 4.16. The van der Waals surface area contributed by atoms with Crippen molar-refractivity contribution in [1.82, 2.24) is 4.98 Å². The molecular formula is C10H14Cl2N2. The van der Waals surface area contributed by atoms with E-state index in [9.17, 15) is 0 Å². The van der Waals surface area contributed by atoms with Gasteiger partial charge in [0, 0.05) is 12.2 Å². The molecule has 0 aliphatic heterocycles. The molecule has 0 aromatic carbocycles. The van der Waals surface area contributed by atoms with Crippen LogP contribution in [-0.4, -0.2) is 11.0 Å². The molecule has 0 radical (unpaired) electrons. The first-order chi connectivity index (χ1) is 6.63. The number of rotatable bonds is 4. The Balaban J connectivity index is 2.67. The lowest BCUT2D eigenvalue weighted by molar-refractivity contribution is 0.687. The molecule has 0 saturated carbocycles. The van der Waals surface area contributed by atoms with Crippen LogP contribution in [0.4, 0.5) is 5.82 Å². The molecule has 0 fully saturated rings. The van der Waals surface area contributed by atoms with Crippen molar-refractivity contribution in [2.45, 2.75) is 32.7 Å². The molecule has 0 amide bonds. The lowest BCUT2D eigenvalue weighted by atomic mass is 10.2. The van der Waals surface area contributed by atoms with Crippen LogP contribution in [0.3, 0.4) is 0 Å². The molecule has 1 aromatic heterocycles. The van der Waals surface area contributed by atoms with Gasteiger partial charge in [0.1, 0.15) is 5.82 Å². The SMILES string of the molecule is CCCC(C)Nc1ncc(Cl)cc1Cl. The molecule has 14 heavy (non-hydrogen) atoms. The molecular weight excluding hydrogens is 219 g/mol. The summed E-state index contributed by atoms with van der Waals surface area (Å²) < 4.78 is 0. The molecule has 1 N–H and O–H groups in total. The maximum Gasteiger partial charge on any atom is 0.145 e. The van der Waals surface area contributed by atoms with Crippen molar-refractivity contribution in [3.63, 3.8) is 0 Å². The van der Waals surface area contributed by atoms with Crippen LogP contribution < -0.4 is 5.32 Å². The minimum absolute atomic E-state index is 0.381. The number of nitrogens with zero attached hydrogens (tertiary/aromatic N) is 1. The van der Waals surface area contributed by atoms with E-state index >= 15 is 0 Å². The van der Waals surface area contributed by atoms with Crippen molar-refractivity contribution in [2.75, 3.05) is 5.32 Å². The lowest BCUT2D eigenvalue weighted by Gasteiger charge is -2.14. The summed E-state index contributed by atoms with van der Waals surface area (Å²) in [5, 5.41) is 4.37. The topological polar surface area (TPSA) is 24.9 Å². The number of halogens is 2. The molecule has 0 bridgehead atoms. The largest absolute Gasteiger partial charge is 0.366 e. The van der Waals surface area contributed by atoms with Gasteiger partial charge in [-0.2, -0.15) is 0 Å². The van der Waals surface area contributed by atoms with Crippen molar-refractivity contribution < 1.29 is 0 Å². The Kier molecular flexibility index (Phi) is 4.49. The van der Waals surface area contributed by atoms with Gasteiger partial charge < -0.3 is 5.32 Å². The van der Waals surface area contributed by atoms with Gasteiger partial charge in [0.05, 0.1) is 10.0 Å². The monoisotopic (exact) mass is 232 g/mol. The minimum atomic E-state index is 0.381. The molecule has 1 rings (SSSR count). The van der Waals surface area contributed by atoms with Gasteiger partial charge in [-0.25, -0.2) is 4.98 Å². The molecule has 1 atom stereocenters. The number of hydrogen-bond acceptors (Lipinski definition) is 2. The molecule has 4 heteroatoms. The van der Waals surface area contributed by atoms with Crippen LogP contribution in [-0.2, 0) is 0 Å². The van der Waals surface area contributed by atoms with E-state index in [1.165, 1.54) is 0 Å². The van der Waals surface area contributed by atoms with Gasteiger partial charge in [-0.05, 0) is 19.4 Å². The van der Waals surface area contributed by atoms with Crippen LogP contribution in [0.5, 0.6) is 0 Å². The number of anilines is 1. The van der Waals surface area contributed by atoms with Crippen LogP contribution >= 0.6 is 23.2 Å². The van der Waals surface area contributed by atoms with Crippen LogP contribution in [0.1, 0.15) is 26.7 Å². The van der Waals surface area contributed by atoms with Gasteiger partial charge >= 0.3 is 0 Å². The van der Waals surface area contributed by atoms with Crippen molar-refractivity contribution >= 4 is 29.0 Å². The Hall–Kier alpha value is -0.470. The normalized spacial score (nSPS) is 12.6. The summed E-state index contributed by atoms with van der Waals surface area (Å²) in [5.74, 6) is 0.706. The molecule has 1 aromatic rings. The first-order valence-corrected chi connectivity index (χ1v) is 5.46. The zero-order valence-corrected chi connectivity index (χ0v) is 9.86. The van der Waals surface area contributed by atoms with Gasteiger partial charge in [-0.1, -0.05) is 36.5 Å². The van der Waals surface area contributed by atoms with Gasteiger partial charge in [0.15, 0.2) is 0 Å². The van der Waals surface area contributed by atoms with Crippen molar-refractivity contribution in [2.24, 2.45) is 0 Å². The van der Waals surface area contributed by atoms with E-state index in [4.69, 9.17) is 23.2 Å². The van der Waals surface area contributed by atoms with E-state index < -0.39 is 0 Å². The Bertz CT molecular complexity index is 302. The average molecular weight is 233 g/mol. The van der Waals surface area contributed by atoms with E-state index in [2.05, 4.69) is 24.1 Å². The predicted octanol–water partition coefficient (Wildman–Crippen LogP) is 3.99. The fraction of sp³-hybridized carbons (Fsp3) is 0.500. The predicted molar refractivity (Wildman–Crippen MR) is 62.2 cm³/mol. The van der Waals surface area contributed by atoms with Gasteiger partial charge in [-0.3, -0.25) is 0 Å². The van der Waals surface area contributed by atoms with Gasteiger partial charge in [0.2, 0.25) is 0 Å². The standard InChI is InChI=1S/C10H14Cl2N2/c1-3-4-7(2)14-10-9(12)5-8(11)6-13-10/h5-7H,3-4H2,1-2H3,(H,13,14). The van der Waals surface area contributed by atoms with E-state index in [1.807, 2.05) is 0 Å². The third kappa shape index (κ3) is 3.35. The van der Waals surface area contributed by atoms with Crippen LogP contribution in [0.15, 0.2) is 12.3 Å². The van der Waals surface area contributed by atoms with E-state index in [0.717, 1.165) is 12.8 Å². The van der Waals surface area contributed by atoms with Gasteiger partial charge in [-0.15, -0.1) is 0 Å². The number of nitrogens with one attached hydrogen (secondary N) is 1. The zero-order valence-electron chi connectivity index (χ0n) is 8.35. The Morgan fingerprint density at radius 1 is 1.50 bits per heavy atom. The molecule has 0 saturated heterocycles. The third-order valence-electron chi connectivity index (χ3n) is 1.91. The highest BCUT2D eigenvalue weighted by Gasteiger charge is 2.05. The molecule has 1 unspecified atom stereocenters. The lowest BCUT2D eigenvalue weighted by Crippen LogP contribution is -2.15. The summed E-state index contributed by atoms with van der Waals surface area (Å²) >= 11 is 11.7. The van der Waals surface area contributed by atoms with Crippen LogP contribution in [0.2, 0.25) is 10.0 Å².